The van der Waals surface area contributed by atoms with E-state index in [-0.39, 0.29) is 12.0 Å². The molecule has 1 aliphatic carbocycles. The predicted molar refractivity (Wildman–Crippen MR) is 29.4 cm³/mol. The Morgan fingerprint density at radius 1 is 1.30 bits per heavy atom. The molecule has 1 nitrogen and oxygen atoms in total. The lowest BCUT2D eigenvalue weighted by Crippen LogP contribution is -2.24. The quantitative estimate of drug-likeness (QED) is 0.547. The summed E-state index contributed by atoms with van der Waals surface area (Å²) in [6, 6.07) is -0.236. The molecule has 1 saturated heterocycles. The molecule has 0 radical (unpaired) electrons. The summed E-state index contributed by atoms with van der Waals surface area (Å²) >= 11 is 0. The van der Waals surface area contributed by atoms with Gasteiger partial charge in [-0.25, -0.2) is 0 Å². The molecule has 0 amide bonds. The molecule has 2 aliphatic rings. The van der Waals surface area contributed by atoms with Crippen LogP contribution in [0.4, 0.5) is 13.2 Å². The number of alkyl halides is 3. The summed E-state index contributed by atoms with van der Waals surface area (Å²) < 4.78 is 35.8. The molecule has 0 aromatic rings. The molecule has 0 unspecified atom stereocenters. The van der Waals surface area contributed by atoms with E-state index in [0.29, 0.717) is 6.42 Å². The molecular weight excluding hydrogens is 143 g/mol. The van der Waals surface area contributed by atoms with E-state index in [1.165, 1.54) is 0 Å². The van der Waals surface area contributed by atoms with Gasteiger partial charge in [-0.3, -0.25) is 0 Å². The van der Waals surface area contributed by atoms with Gasteiger partial charge in [-0.2, -0.15) is 13.2 Å². The van der Waals surface area contributed by atoms with Gasteiger partial charge in [0.15, 0.2) is 0 Å². The molecule has 0 aromatic carbocycles. The first-order chi connectivity index (χ1) is 4.61. The first-order valence-electron chi connectivity index (χ1n) is 3.41. The van der Waals surface area contributed by atoms with Crippen molar-refractivity contribution < 1.29 is 13.2 Å². The Morgan fingerprint density at radius 2 is 2.00 bits per heavy atom. The summed E-state index contributed by atoms with van der Waals surface area (Å²) in [4.78, 5) is 0. The monoisotopic (exact) mass is 151 g/mol. The van der Waals surface area contributed by atoms with Crippen molar-refractivity contribution in [2.45, 2.75) is 18.6 Å². The highest BCUT2D eigenvalue weighted by Crippen LogP contribution is 2.54. The van der Waals surface area contributed by atoms with Gasteiger partial charge in [-0.15, -0.1) is 0 Å². The third-order valence-electron chi connectivity index (χ3n) is 2.40. The fourth-order valence-corrected chi connectivity index (χ4v) is 1.87. The maximum absolute atomic E-state index is 11.9. The number of halogens is 3. The molecule has 58 valence electrons. The van der Waals surface area contributed by atoms with Crippen molar-refractivity contribution in [1.82, 2.24) is 5.32 Å². The van der Waals surface area contributed by atoms with E-state index in [1.807, 2.05) is 0 Å². The van der Waals surface area contributed by atoms with Crippen molar-refractivity contribution >= 4 is 0 Å². The van der Waals surface area contributed by atoms with E-state index in [2.05, 4.69) is 5.32 Å². The Morgan fingerprint density at radius 3 is 2.30 bits per heavy atom. The molecule has 10 heavy (non-hydrogen) atoms. The lowest BCUT2D eigenvalue weighted by molar-refractivity contribution is -0.153. The van der Waals surface area contributed by atoms with Gasteiger partial charge in [-0.05, 0) is 18.9 Å². The van der Waals surface area contributed by atoms with Crippen molar-refractivity contribution in [3.63, 3.8) is 0 Å². The van der Waals surface area contributed by atoms with Gasteiger partial charge in [0.1, 0.15) is 0 Å². The van der Waals surface area contributed by atoms with Crippen molar-refractivity contribution in [2.24, 2.45) is 11.8 Å². The van der Waals surface area contributed by atoms with Gasteiger partial charge in [-0.1, -0.05) is 0 Å². The minimum absolute atomic E-state index is 0.0972. The zero-order chi connectivity index (χ0) is 7.35. The van der Waals surface area contributed by atoms with Gasteiger partial charge in [0, 0.05) is 6.04 Å². The van der Waals surface area contributed by atoms with Crippen LogP contribution in [-0.2, 0) is 0 Å². The summed E-state index contributed by atoms with van der Waals surface area (Å²) in [6.45, 7) is 0.766. The second kappa shape index (κ2) is 1.67. The van der Waals surface area contributed by atoms with Crippen LogP contribution < -0.4 is 5.32 Å². The minimum atomic E-state index is -3.96. The highest BCUT2D eigenvalue weighted by Gasteiger charge is 2.65. The Labute approximate surface area is 56.6 Å². The molecule has 1 N–H and O–H groups in total. The van der Waals surface area contributed by atoms with Crippen molar-refractivity contribution in [1.29, 1.82) is 0 Å². The van der Waals surface area contributed by atoms with E-state index >= 15 is 0 Å². The summed E-state index contributed by atoms with van der Waals surface area (Å²) in [5.74, 6) is -1.12. The van der Waals surface area contributed by atoms with E-state index in [1.54, 1.807) is 0 Å². The Balaban J connectivity index is 2.01. The van der Waals surface area contributed by atoms with Crippen LogP contribution in [0.2, 0.25) is 0 Å². The van der Waals surface area contributed by atoms with E-state index in [4.69, 9.17) is 0 Å². The van der Waals surface area contributed by atoms with Crippen LogP contribution in [-0.4, -0.2) is 18.8 Å². The second-order valence-electron chi connectivity index (χ2n) is 3.00. The predicted octanol–water partition coefficient (Wildman–Crippen LogP) is 1.16. The third kappa shape index (κ3) is 0.746. The normalized spacial score (nSPS) is 45.3. The van der Waals surface area contributed by atoms with E-state index in [0.717, 1.165) is 6.54 Å². The first kappa shape index (κ1) is 6.46. The first-order valence-corrected chi connectivity index (χ1v) is 3.41. The maximum Gasteiger partial charge on any atom is 0.393 e. The zero-order valence-corrected chi connectivity index (χ0v) is 5.28. The second-order valence-corrected chi connectivity index (χ2v) is 3.00. The number of nitrogens with one attached hydrogen (secondary N) is 1. The van der Waals surface area contributed by atoms with Gasteiger partial charge < -0.3 is 5.32 Å². The highest BCUT2D eigenvalue weighted by atomic mass is 19.4. The van der Waals surface area contributed by atoms with E-state index < -0.39 is 12.1 Å². The van der Waals surface area contributed by atoms with Gasteiger partial charge >= 0.3 is 6.18 Å². The molecule has 3 atom stereocenters. The summed E-state index contributed by atoms with van der Waals surface area (Å²) in [7, 11) is 0. The third-order valence-corrected chi connectivity index (χ3v) is 2.40. The molecule has 0 spiro atoms. The smallest absolute Gasteiger partial charge is 0.313 e. The van der Waals surface area contributed by atoms with Crippen LogP contribution in [0.5, 0.6) is 0 Å². The van der Waals surface area contributed by atoms with Crippen LogP contribution in [0.3, 0.4) is 0 Å². The van der Waals surface area contributed by atoms with Crippen LogP contribution in [0.25, 0.3) is 0 Å². The number of fused-ring (bicyclic) bond motifs is 1. The molecule has 2 rings (SSSR count). The topological polar surface area (TPSA) is 12.0 Å². The zero-order valence-electron chi connectivity index (χ0n) is 5.28. The molecule has 2 fully saturated rings. The van der Waals surface area contributed by atoms with Crippen LogP contribution in [0, 0.1) is 11.8 Å². The molecule has 1 heterocycles. The van der Waals surface area contributed by atoms with Crippen LogP contribution in [0.15, 0.2) is 0 Å². The largest absolute Gasteiger partial charge is 0.393 e. The summed E-state index contributed by atoms with van der Waals surface area (Å²) in [5, 5.41) is 2.83. The average molecular weight is 151 g/mol. The molecule has 0 aromatic heterocycles. The molecule has 1 saturated carbocycles. The molecular formula is C6H8F3N. The number of hydrogen-bond acceptors (Lipinski definition) is 1. The maximum atomic E-state index is 11.9. The number of rotatable bonds is 0. The van der Waals surface area contributed by atoms with Crippen molar-refractivity contribution in [3.8, 4) is 0 Å². The Hall–Kier alpha value is -0.250. The fraction of sp³-hybridized carbons (Fsp3) is 1.00. The average Bonchev–Trinajstić information content (AvgIpc) is 2.30. The van der Waals surface area contributed by atoms with Gasteiger partial charge in [0.25, 0.3) is 0 Å². The van der Waals surface area contributed by atoms with Gasteiger partial charge in [0.05, 0.1) is 5.92 Å². The Kier molecular flexibility index (Phi) is 1.08. The van der Waals surface area contributed by atoms with Crippen LogP contribution in [0.1, 0.15) is 6.42 Å². The lowest BCUT2D eigenvalue weighted by Gasteiger charge is -2.07. The SMILES string of the molecule is FC(F)(F)[C@H]1[C@H]2CCN[C@H]21. The van der Waals surface area contributed by atoms with Crippen molar-refractivity contribution in [2.75, 3.05) is 6.54 Å². The minimum Gasteiger partial charge on any atom is -0.313 e. The number of piperidine rings is 1. The summed E-state index contributed by atoms with van der Waals surface area (Å²) in [6.07, 6.45) is -3.25. The van der Waals surface area contributed by atoms with E-state index in [9.17, 15) is 13.2 Å². The molecule has 0 bridgehead atoms. The highest BCUT2D eigenvalue weighted by molar-refractivity contribution is 5.10. The van der Waals surface area contributed by atoms with Crippen molar-refractivity contribution in [3.05, 3.63) is 0 Å². The standard InChI is InChI=1S/C6H8F3N/c7-6(8,9)4-3-1-2-10-5(3)4/h3-5,10H,1-2H2/t3-,4+,5-/m1/s1. The van der Waals surface area contributed by atoms with Gasteiger partial charge in [0.2, 0.25) is 0 Å². The summed E-state index contributed by atoms with van der Waals surface area (Å²) in [5.41, 5.74) is 0. The molecule has 4 heteroatoms. The lowest BCUT2D eigenvalue weighted by atomic mass is 10.2. The fourth-order valence-electron chi connectivity index (χ4n) is 1.87. The van der Waals surface area contributed by atoms with Crippen LogP contribution >= 0.6 is 0 Å². The number of hydrogen-bond donors (Lipinski definition) is 1. The Bertz CT molecular complexity index is 144. The molecule has 1 aliphatic heterocycles.